The molecule has 0 unspecified atom stereocenters. The highest BCUT2D eigenvalue weighted by molar-refractivity contribution is 5.84. The van der Waals surface area contributed by atoms with E-state index in [-0.39, 0.29) is 5.41 Å². The number of fused-ring (bicyclic) bond motifs is 5. The van der Waals surface area contributed by atoms with E-state index in [0.717, 1.165) is 18.6 Å². The van der Waals surface area contributed by atoms with Crippen LogP contribution in [-0.2, 0) is 4.79 Å². The van der Waals surface area contributed by atoms with E-state index in [9.17, 15) is 4.79 Å². The van der Waals surface area contributed by atoms with Crippen LogP contribution in [0, 0.1) is 22.7 Å². The van der Waals surface area contributed by atoms with Crippen molar-refractivity contribution in [3.63, 3.8) is 0 Å². The van der Waals surface area contributed by atoms with E-state index in [1.165, 1.54) is 31.2 Å². The molecule has 2 heteroatoms. The van der Waals surface area contributed by atoms with Crippen LogP contribution in [-0.4, -0.2) is 5.78 Å². The molecule has 0 aromatic carbocycles. The van der Waals surface area contributed by atoms with Crippen molar-refractivity contribution >= 4 is 11.9 Å². The van der Waals surface area contributed by atoms with Gasteiger partial charge in [-0.1, -0.05) is 13.0 Å². The maximum atomic E-state index is 12.3. The monoisotopic (exact) mass is 282 g/mol. The van der Waals surface area contributed by atoms with Crippen molar-refractivity contribution in [1.29, 1.82) is 0 Å². The third kappa shape index (κ3) is 1.37. The molecule has 0 amide bonds. The van der Waals surface area contributed by atoms with Gasteiger partial charge in [-0.2, -0.15) is 0 Å². The normalized spacial score (nSPS) is 46.9. The number of rotatable bonds is 0. The van der Waals surface area contributed by atoms with Crippen LogP contribution in [0.4, 0.5) is 0 Å². The van der Waals surface area contributed by atoms with Gasteiger partial charge in [0.15, 0.2) is 0 Å². The average molecular weight is 282 g/mol. The van der Waals surface area contributed by atoms with E-state index in [2.05, 4.69) is 25.1 Å². The number of furan rings is 1. The average Bonchev–Trinajstić information content (AvgIpc) is 3.02. The molecule has 110 valence electrons. The van der Waals surface area contributed by atoms with Crippen molar-refractivity contribution in [3.8, 4) is 0 Å². The van der Waals surface area contributed by atoms with Crippen LogP contribution >= 0.6 is 0 Å². The Bertz CT molecular complexity index is 654. The third-order valence-electron chi connectivity index (χ3n) is 7.31. The van der Waals surface area contributed by atoms with Crippen LogP contribution < -0.4 is 0 Å². The second-order valence-corrected chi connectivity index (χ2v) is 8.07. The smallest absolute Gasteiger partial charge is 0.136 e. The largest absolute Gasteiger partial charge is 0.465 e. The molecule has 0 N–H and O–H groups in total. The van der Waals surface area contributed by atoms with Crippen LogP contribution in [0.15, 0.2) is 22.8 Å². The van der Waals surface area contributed by atoms with Crippen molar-refractivity contribution in [1.82, 2.24) is 0 Å². The van der Waals surface area contributed by atoms with Crippen LogP contribution in [0.25, 0.3) is 6.08 Å². The first-order chi connectivity index (χ1) is 10.1. The fourth-order valence-electron chi connectivity index (χ4n) is 6.42. The lowest BCUT2D eigenvalue weighted by Crippen LogP contribution is -2.49. The maximum Gasteiger partial charge on any atom is 0.136 e. The van der Waals surface area contributed by atoms with E-state index in [1.54, 1.807) is 0 Å². The lowest BCUT2D eigenvalue weighted by Gasteiger charge is -2.57. The van der Waals surface area contributed by atoms with Gasteiger partial charge in [0.25, 0.3) is 0 Å². The Balaban J connectivity index is 1.63. The first kappa shape index (κ1) is 12.3. The zero-order chi connectivity index (χ0) is 14.2. The summed E-state index contributed by atoms with van der Waals surface area (Å²) in [5.74, 6) is 3.26. The zero-order valence-corrected chi connectivity index (χ0v) is 12.6. The molecule has 0 saturated heterocycles. The van der Waals surface area contributed by atoms with E-state index in [1.807, 2.05) is 6.26 Å². The Kier molecular flexibility index (Phi) is 2.17. The zero-order valence-electron chi connectivity index (χ0n) is 12.6. The van der Waals surface area contributed by atoms with Gasteiger partial charge in [-0.3, -0.25) is 4.79 Å². The topological polar surface area (TPSA) is 30.2 Å². The molecular weight excluding hydrogens is 260 g/mol. The molecule has 1 spiro atoms. The van der Waals surface area contributed by atoms with Gasteiger partial charge >= 0.3 is 0 Å². The first-order valence-electron chi connectivity index (χ1n) is 8.42. The Morgan fingerprint density at radius 1 is 1.29 bits per heavy atom. The van der Waals surface area contributed by atoms with Crippen LogP contribution in [0.2, 0.25) is 0 Å². The van der Waals surface area contributed by atoms with E-state index < -0.39 is 0 Å². The Morgan fingerprint density at radius 2 is 2.19 bits per heavy atom. The van der Waals surface area contributed by atoms with E-state index >= 15 is 0 Å². The lowest BCUT2D eigenvalue weighted by molar-refractivity contribution is -0.120. The highest BCUT2D eigenvalue weighted by Gasteiger charge is 2.61. The standard InChI is InChI=1S/C19H22O2/c1-18-7-5-16-13(6-9-21-16)14(18)4-8-19-10-12(15(20)11-19)2-3-17(18)19/h5-7,9,12,14,17H,2-4,8,10-11H2,1H3/t12-,14+,17-,18+,19-/m0/s1. The first-order valence-corrected chi connectivity index (χ1v) is 8.42. The van der Waals surface area contributed by atoms with Gasteiger partial charge in [0.2, 0.25) is 0 Å². The van der Waals surface area contributed by atoms with Crippen LogP contribution in [0.3, 0.4) is 0 Å². The molecule has 5 atom stereocenters. The minimum atomic E-state index is 0.213. The SMILES string of the molecule is C[C@@]12C=Cc3occc3[C@H]1CC[C@]13CC(=O)[C@@H](CC[C@H]12)C3. The number of hydrogen-bond donors (Lipinski definition) is 0. The summed E-state index contributed by atoms with van der Waals surface area (Å²) in [7, 11) is 0. The van der Waals surface area contributed by atoms with Gasteiger partial charge < -0.3 is 4.42 Å². The van der Waals surface area contributed by atoms with Crippen molar-refractivity contribution in [2.45, 2.75) is 51.4 Å². The summed E-state index contributed by atoms with van der Waals surface area (Å²) in [5.41, 5.74) is 1.93. The Hall–Kier alpha value is -1.31. The summed E-state index contributed by atoms with van der Waals surface area (Å²) in [6, 6.07) is 2.17. The van der Waals surface area contributed by atoms with Gasteiger partial charge in [0.05, 0.1) is 6.26 Å². The molecule has 0 radical (unpaired) electrons. The fourth-order valence-corrected chi connectivity index (χ4v) is 6.42. The van der Waals surface area contributed by atoms with Crippen LogP contribution in [0.5, 0.6) is 0 Å². The number of hydrogen-bond acceptors (Lipinski definition) is 2. The molecule has 21 heavy (non-hydrogen) atoms. The minimum absolute atomic E-state index is 0.213. The summed E-state index contributed by atoms with van der Waals surface area (Å²) in [4.78, 5) is 12.3. The van der Waals surface area contributed by atoms with E-state index in [0.29, 0.717) is 29.0 Å². The van der Waals surface area contributed by atoms with Gasteiger partial charge in [-0.25, -0.2) is 0 Å². The number of carbonyl (C=O) groups is 1. The summed E-state index contributed by atoms with van der Waals surface area (Å²) in [5, 5.41) is 0. The van der Waals surface area contributed by atoms with Crippen LogP contribution in [0.1, 0.15) is 62.7 Å². The fraction of sp³-hybridized carbons (Fsp3) is 0.632. The molecule has 2 nitrogen and oxygen atoms in total. The molecule has 5 rings (SSSR count). The summed E-state index contributed by atoms with van der Waals surface area (Å²) < 4.78 is 5.62. The summed E-state index contributed by atoms with van der Waals surface area (Å²) >= 11 is 0. The van der Waals surface area contributed by atoms with Crippen molar-refractivity contribution < 1.29 is 9.21 Å². The lowest BCUT2D eigenvalue weighted by atomic mass is 9.46. The van der Waals surface area contributed by atoms with Gasteiger partial charge in [0, 0.05) is 17.9 Å². The van der Waals surface area contributed by atoms with Gasteiger partial charge in [-0.15, -0.1) is 0 Å². The second-order valence-electron chi connectivity index (χ2n) is 8.07. The number of allylic oxidation sites excluding steroid dienone is 1. The molecule has 1 aromatic heterocycles. The summed E-state index contributed by atoms with van der Waals surface area (Å²) in [6.07, 6.45) is 13.3. The molecule has 2 bridgehead atoms. The van der Waals surface area contributed by atoms with Gasteiger partial charge in [0.1, 0.15) is 11.5 Å². The van der Waals surface area contributed by atoms with Gasteiger partial charge in [-0.05, 0) is 66.9 Å². The molecule has 4 aliphatic rings. The summed E-state index contributed by atoms with van der Waals surface area (Å²) in [6.45, 7) is 2.44. The molecular formula is C19H22O2. The maximum absolute atomic E-state index is 12.3. The minimum Gasteiger partial charge on any atom is -0.465 e. The third-order valence-corrected chi connectivity index (χ3v) is 7.31. The predicted octanol–water partition coefficient (Wildman–Crippen LogP) is 4.57. The number of Topliss-reactive ketones (excluding diaryl/α,β-unsaturated/α-hetero) is 1. The molecule has 3 saturated carbocycles. The molecule has 1 aromatic rings. The molecule has 1 heterocycles. The highest BCUT2D eigenvalue weighted by Crippen LogP contribution is 2.68. The Morgan fingerprint density at radius 3 is 3.10 bits per heavy atom. The highest BCUT2D eigenvalue weighted by atomic mass is 16.3. The molecule has 0 aliphatic heterocycles. The second kappa shape index (κ2) is 3.71. The van der Waals surface area contributed by atoms with Crippen molar-refractivity contribution in [3.05, 3.63) is 29.7 Å². The number of ketones is 1. The van der Waals surface area contributed by atoms with Crippen molar-refractivity contribution in [2.24, 2.45) is 22.7 Å². The van der Waals surface area contributed by atoms with Crippen molar-refractivity contribution in [2.75, 3.05) is 0 Å². The Labute approximate surface area is 125 Å². The molecule has 4 aliphatic carbocycles. The number of carbonyl (C=O) groups excluding carboxylic acids is 1. The quantitative estimate of drug-likeness (QED) is 0.698. The molecule has 3 fully saturated rings. The van der Waals surface area contributed by atoms with E-state index in [4.69, 9.17) is 4.42 Å². The predicted molar refractivity (Wildman–Crippen MR) is 80.7 cm³/mol.